The van der Waals surface area contributed by atoms with Crippen molar-refractivity contribution in [3.05, 3.63) is 6.20 Å². The van der Waals surface area contributed by atoms with Crippen LogP contribution in [0.5, 0.6) is 0 Å². The zero-order valence-corrected chi connectivity index (χ0v) is 12.7. The number of sulfonamides is 1. The van der Waals surface area contributed by atoms with E-state index in [-0.39, 0.29) is 16.8 Å². The molecular weight excluding hydrogens is 266 g/mol. The number of likely N-dealkylation sites (N-methyl/N-ethyl adjacent to an activating group) is 1. The van der Waals surface area contributed by atoms with Crippen LogP contribution < -0.4 is 10.5 Å². The summed E-state index contributed by atoms with van der Waals surface area (Å²) in [6, 6.07) is -0.158. The Hall–Kier alpha value is -1.12. The summed E-state index contributed by atoms with van der Waals surface area (Å²) in [4.78, 5) is 1.95. The number of aromatic nitrogens is 2. The molecule has 0 fully saturated rings. The first-order valence-corrected chi connectivity index (χ1v) is 7.66. The highest BCUT2D eigenvalue weighted by atomic mass is 32.2. The number of hydrogen-bond donors (Lipinski definition) is 3. The zero-order chi connectivity index (χ0) is 14.6. The van der Waals surface area contributed by atoms with Crippen LogP contribution in [0, 0.1) is 5.92 Å². The Bertz CT molecular complexity index is 485. The van der Waals surface area contributed by atoms with Gasteiger partial charge in [-0.15, -0.1) is 0 Å². The Labute approximate surface area is 114 Å². The second-order valence-corrected chi connectivity index (χ2v) is 7.04. The third-order valence-electron chi connectivity index (χ3n) is 2.59. The van der Waals surface area contributed by atoms with Crippen molar-refractivity contribution in [3.8, 4) is 0 Å². The van der Waals surface area contributed by atoms with Crippen LogP contribution in [0.3, 0.4) is 0 Å². The molecule has 1 aromatic heterocycles. The minimum Gasteiger partial charge on any atom is -0.383 e. The van der Waals surface area contributed by atoms with E-state index in [0.29, 0.717) is 12.5 Å². The lowest BCUT2D eigenvalue weighted by molar-refractivity contribution is 0.329. The van der Waals surface area contributed by atoms with E-state index in [0.717, 1.165) is 6.42 Å². The summed E-state index contributed by atoms with van der Waals surface area (Å²) < 4.78 is 27.1. The third kappa shape index (κ3) is 4.81. The van der Waals surface area contributed by atoms with Crippen LogP contribution in [0.15, 0.2) is 11.1 Å². The van der Waals surface area contributed by atoms with Crippen LogP contribution in [-0.4, -0.2) is 50.2 Å². The van der Waals surface area contributed by atoms with E-state index in [1.54, 1.807) is 0 Å². The molecule has 0 aliphatic carbocycles. The summed E-state index contributed by atoms with van der Waals surface area (Å²) >= 11 is 0. The molecule has 0 saturated heterocycles. The molecule has 0 bridgehead atoms. The van der Waals surface area contributed by atoms with Crippen molar-refractivity contribution in [1.82, 2.24) is 19.8 Å². The van der Waals surface area contributed by atoms with Gasteiger partial charge in [-0.1, -0.05) is 13.8 Å². The van der Waals surface area contributed by atoms with Gasteiger partial charge in [0.25, 0.3) is 0 Å². The second-order valence-electron chi connectivity index (χ2n) is 5.36. The SMILES string of the molecule is CC(C)CC(CN(C)C)NS(=O)(=O)c1cn[nH]c1N. The number of hydrogen-bond acceptors (Lipinski definition) is 5. The van der Waals surface area contributed by atoms with Gasteiger partial charge < -0.3 is 10.6 Å². The van der Waals surface area contributed by atoms with Crippen LogP contribution in [-0.2, 0) is 10.0 Å². The van der Waals surface area contributed by atoms with Gasteiger partial charge in [-0.2, -0.15) is 5.10 Å². The lowest BCUT2D eigenvalue weighted by Crippen LogP contribution is -2.42. The van der Waals surface area contributed by atoms with Crippen LogP contribution in [0.2, 0.25) is 0 Å². The smallest absolute Gasteiger partial charge is 0.246 e. The summed E-state index contributed by atoms with van der Waals surface area (Å²) in [7, 11) is 0.188. The molecule has 0 amide bonds. The fourth-order valence-electron chi connectivity index (χ4n) is 1.95. The van der Waals surface area contributed by atoms with Gasteiger partial charge in [0.15, 0.2) is 0 Å². The number of nitrogen functional groups attached to an aromatic ring is 1. The van der Waals surface area contributed by atoms with Gasteiger partial charge in [0.1, 0.15) is 10.7 Å². The molecule has 0 saturated carbocycles. The lowest BCUT2D eigenvalue weighted by atomic mass is 10.0. The Morgan fingerprint density at radius 2 is 2.11 bits per heavy atom. The molecule has 0 aromatic carbocycles. The average molecular weight is 289 g/mol. The molecule has 1 unspecified atom stereocenters. The van der Waals surface area contributed by atoms with Crippen molar-refractivity contribution in [1.29, 1.82) is 0 Å². The number of nitrogens with zero attached hydrogens (tertiary/aromatic N) is 2. The van der Waals surface area contributed by atoms with Crippen molar-refractivity contribution in [3.63, 3.8) is 0 Å². The summed E-state index contributed by atoms with van der Waals surface area (Å²) in [6.07, 6.45) is 1.98. The first-order valence-electron chi connectivity index (χ1n) is 6.18. The van der Waals surface area contributed by atoms with Crippen molar-refractivity contribution < 1.29 is 8.42 Å². The largest absolute Gasteiger partial charge is 0.383 e. The molecule has 1 aromatic rings. The van der Waals surface area contributed by atoms with E-state index in [1.165, 1.54) is 6.20 Å². The van der Waals surface area contributed by atoms with Gasteiger partial charge in [-0.05, 0) is 26.4 Å². The highest BCUT2D eigenvalue weighted by Gasteiger charge is 2.24. The molecule has 0 aliphatic rings. The van der Waals surface area contributed by atoms with Crippen molar-refractivity contribution in [2.45, 2.75) is 31.2 Å². The summed E-state index contributed by atoms with van der Waals surface area (Å²) in [6.45, 7) is 4.75. The number of nitrogens with one attached hydrogen (secondary N) is 2. The first kappa shape index (κ1) is 15.9. The molecule has 1 atom stereocenters. The van der Waals surface area contributed by atoms with Crippen molar-refractivity contribution in [2.24, 2.45) is 5.92 Å². The topological polar surface area (TPSA) is 104 Å². The Morgan fingerprint density at radius 1 is 1.47 bits per heavy atom. The van der Waals surface area contributed by atoms with E-state index in [4.69, 9.17) is 5.73 Å². The molecule has 4 N–H and O–H groups in total. The Morgan fingerprint density at radius 3 is 2.53 bits per heavy atom. The number of nitrogens with two attached hydrogens (primary N) is 1. The number of aromatic amines is 1. The van der Waals surface area contributed by atoms with Gasteiger partial charge in [-0.3, -0.25) is 5.10 Å². The monoisotopic (exact) mass is 289 g/mol. The average Bonchev–Trinajstić information content (AvgIpc) is 2.61. The Kier molecular flexibility index (Phi) is 5.33. The maximum atomic E-state index is 12.2. The highest BCUT2D eigenvalue weighted by molar-refractivity contribution is 7.89. The standard InChI is InChI=1S/C11H23N5O2S/c1-8(2)5-9(7-16(3)4)15-19(17,18)10-6-13-14-11(10)12/h6,8-9,15H,5,7H2,1-4H3,(H3,12,13,14). The third-order valence-corrected chi connectivity index (χ3v) is 4.13. The minimum atomic E-state index is -3.63. The minimum absolute atomic E-state index is 0.0000113. The molecule has 1 heterocycles. The summed E-state index contributed by atoms with van der Waals surface area (Å²) in [5, 5.41) is 6.07. The molecule has 19 heavy (non-hydrogen) atoms. The number of rotatable bonds is 7. The normalized spacial score (nSPS) is 14.2. The summed E-state index contributed by atoms with van der Waals surface area (Å²) in [5.41, 5.74) is 5.56. The quantitative estimate of drug-likeness (QED) is 0.667. The molecule has 0 radical (unpaired) electrons. The van der Waals surface area contributed by atoms with Gasteiger partial charge in [0, 0.05) is 12.6 Å². The van der Waals surface area contributed by atoms with Gasteiger partial charge in [0.05, 0.1) is 6.20 Å². The zero-order valence-electron chi connectivity index (χ0n) is 11.8. The predicted molar refractivity (Wildman–Crippen MR) is 75.1 cm³/mol. The maximum Gasteiger partial charge on any atom is 0.246 e. The number of anilines is 1. The van der Waals surface area contributed by atoms with Crippen LogP contribution in [0.1, 0.15) is 20.3 Å². The molecular formula is C11H23N5O2S. The van der Waals surface area contributed by atoms with E-state index < -0.39 is 10.0 Å². The van der Waals surface area contributed by atoms with Crippen molar-refractivity contribution in [2.75, 3.05) is 26.4 Å². The number of H-pyrrole nitrogens is 1. The molecule has 1 rings (SSSR count). The van der Waals surface area contributed by atoms with Gasteiger partial charge in [0.2, 0.25) is 10.0 Å². The predicted octanol–water partition coefficient (Wildman–Crippen LogP) is 0.247. The van der Waals surface area contributed by atoms with E-state index in [1.807, 2.05) is 19.0 Å². The fraction of sp³-hybridized carbons (Fsp3) is 0.727. The lowest BCUT2D eigenvalue weighted by Gasteiger charge is -2.23. The highest BCUT2D eigenvalue weighted by Crippen LogP contribution is 2.16. The van der Waals surface area contributed by atoms with Gasteiger partial charge >= 0.3 is 0 Å². The first-order chi connectivity index (χ1) is 8.72. The second kappa shape index (κ2) is 6.36. The summed E-state index contributed by atoms with van der Waals surface area (Å²) in [5.74, 6) is 0.454. The van der Waals surface area contributed by atoms with Crippen LogP contribution >= 0.6 is 0 Å². The molecule has 7 nitrogen and oxygen atoms in total. The fourth-order valence-corrected chi connectivity index (χ4v) is 3.22. The van der Waals surface area contributed by atoms with E-state index in [9.17, 15) is 8.42 Å². The van der Waals surface area contributed by atoms with Crippen molar-refractivity contribution >= 4 is 15.8 Å². The maximum absolute atomic E-state index is 12.2. The van der Waals surface area contributed by atoms with Gasteiger partial charge in [-0.25, -0.2) is 13.1 Å². The molecule has 110 valence electrons. The molecule has 0 spiro atoms. The molecule has 0 aliphatic heterocycles. The van der Waals surface area contributed by atoms with Crippen LogP contribution in [0.25, 0.3) is 0 Å². The van der Waals surface area contributed by atoms with Crippen LogP contribution in [0.4, 0.5) is 5.82 Å². The van der Waals surface area contributed by atoms with E-state index in [2.05, 4.69) is 28.8 Å². The van der Waals surface area contributed by atoms with E-state index >= 15 is 0 Å². The Balaban J connectivity index is 2.86. The molecule has 8 heteroatoms.